The third kappa shape index (κ3) is 30.3. The van der Waals surface area contributed by atoms with Crippen LogP contribution in [0.15, 0.2) is 97.2 Å². The number of carbonyl (C=O) groups is 3. The Morgan fingerprint density at radius 2 is 1.18 bits per heavy atom. The van der Waals surface area contributed by atoms with E-state index < -0.39 is 18.1 Å². The van der Waals surface area contributed by atoms with Crippen molar-refractivity contribution in [1.29, 1.82) is 0 Å². The fourth-order valence-electron chi connectivity index (χ4n) is 4.56. The lowest BCUT2D eigenvalue weighted by Crippen LogP contribution is -2.50. The zero-order chi connectivity index (χ0) is 37.1. The number of aliphatic carboxylic acids is 1. The van der Waals surface area contributed by atoms with Crippen LogP contribution in [0.3, 0.4) is 0 Å². The van der Waals surface area contributed by atoms with Crippen molar-refractivity contribution in [2.75, 3.05) is 41.0 Å². The molecule has 0 spiro atoms. The normalized spacial score (nSPS) is 14.2. The summed E-state index contributed by atoms with van der Waals surface area (Å²) in [5, 5.41) is 9.55. The van der Waals surface area contributed by atoms with Gasteiger partial charge in [0.15, 0.2) is 12.1 Å². The molecule has 0 aliphatic rings. The maximum atomic E-state index is 12.5. The van der Waals surface area contributed by atoms with Gasteiger partial charge in [-0.2, -0.15) is 0 Å². The maximum Gasteiger partial charge on any atom is 0.362 e. The Bertz CT molecular complexity index is 1140. The molecule has 0 radical (unpaired) electrons. The number of carboxylic acids is 1. The van der Waals surface area contributed by atoms with Crippen LogP contribution in [-0.2, 0) is 28.6 Å². The fourth-order valence-corrected chi connectivity index (χ4v) is 4.56. The van der Waals surface area contributed by atoms with Crippen LogP contribution < -0.4 is 0 Å². The average Bonchev–Trinajstić information content (AvgIpc) is 3.06. The molecule has 50 heavy (non-hydrogen) atoms. The van der Waals surface area contributed by atoms with Crippen LogP contribution in [0.25, 0.3) is 0 Å². The molecule has 2 atom stereocenters. The molecule has 2 unspecified atom stereocenters. The van der Waals surface area contributed by atoms with Crippen LogP contribution in [0.2, 0.25) is 0 Å². The molecular weight excluding hydrogens is 630 g/mol. The van der Waals surface area contributed by atoms with E-state index >= 15 is 0 Å². The number of unbranched alkanes of at least 4 members (excludes halogenated alkanes) is 6. The number of carboxylic acid groups (broad SMARTS) is 1. The summed E-state index contributed by atoms with van der Waals surface area (Å²) in [7, 11) is 5.46. The van der Waals surface area contributed by atoms with E-state index in [-0.39, 0.29) is 49.1 Å². The molecule has 0 saturated carbocycles. The van der Waals surface area contributed by atoms with E-state index in [0.29, 0.717) is 19.3 Å². The van der Waals surface area contributed by atoms with Crippen molar-refractivity contribution in [3.63, 3.8) is 0 Å². The lowest BCUT2D eigenvalue weighted by molar-refractivity contribution is -0.887. The van der Waals surface area contributed by atoms with Gasteiger partial charge in [-0.25, -0.2) is 4.79 Å². The van der Waals surface area contributed by atoms with Gasteiger partial charge in [0.05, 0.1) is 34.4 Å². The van der Waals surface area contributed by atoms with Gasteiger partial charge >= 0.3 is 17.9 Å². The second-order valence-corrected chi connectivity index (χ2v) is 12.9. The summed E-state index contributed by atoms with van der Waals surface area (Å²) in [6.45, 7) is 4.38. The summed E-state index contributed by atoms with van der Waals surface area (Å²) >= 11 is 0. The molecule has 0 aromatic carbocycles. The summed E-state index contributed by atoms with van der Waals surface area (Å²) in [5.41, 5.74) is 0. The number of carbonyl (C=O) groups excluding carboxylic acids is 2. The molecule has 0 amide bonds. The standard InChI is InChI=1S/C42H65NO7/c1-6-8-10-12-14-15-16-17-18-19-20-21-22-23-24-25-27-28-30-32-40(44)49-37-38(36-48-35-34-39(42(46)47)43(3,4)5)50-41(45)33-31-29-26-13-11-9-7-2/h8,10,12,14-24,26,29,38-39H,6-7,9,11,13,25,27-28,30-37H2,1-5H3/p+1/b10-8+,14-12+,16-15+,18-17+,20-19+,22-21+,24-23+,29-26+. The van der Waals surface area contributed by atoms with Gasteiger partial charge in [0.25, 0.3) is 0 Å². The van der Waals surface area contributed by atoms with Gasteiger partial charge in [-0.3, -0.25) is 9.59 Å². The zero-order valence-corrected chi connectivity index (χ0v) is 31.5. The largest absolute Gasteiger partial charge is 0.477 e. The molecule has 280 valence electrons. The molecule has 0 aromatic heterocycles. The first-order valence-corrected chi connectivity index (χ1v) is 18.4. The lowest BCUT2D eigenvalue weighted by atomic mass is 10.1. The van der Waals surface area contributed by atoms with Crippen molar-refractivity contribution in [1.82, 2.24) is 0 Å². The van der Waals surface area contributed by atoms with E-state index in [1.165, 1.54) is 12.8 Å². The Morgan fingerprint density at radius 1 is 0.620 bits per heavy atom. The van der Waals surface area contributed by atoms with Crippen molar-refractivity contribution in [2.45, 2.75) is 109 Å². The number of allylic oxidation sites excluding steroid dienone is 16. The van der Waals surface area contributed by atoms with Crippen LogP contribution in [0.1, 0.15) is 97.3 Å². The predicted octanol–water partition coefficient (Wildman–Crippen LogP) is 9.18. The Balaban J connectivity index is 4.51. The minimum absolute atomic E-state index is 0.0230. The molecule has 8 heteroatoms. The van der Waals surface area contributed by atoms with Crippen molar-refractivity contribution >= 4 is 17.9 Å². The van der Waals surface area contributed by atoms with Crippen LogP contribution in [-0.4, -0.2) is 80.6 Å². The molecule has 0 rings (SSSR count). The Kier molecular flexibility index (Phi) is 30.0. The average molecular weight is 697 g/mol. The van der Waals surface area contributed by atoms with Crippen molar-refractivity contribution < 1.29 is 38.2 Å². The maximum absolute atomic E-state index is 12.5. The van der Waals surface area contributed by atoms with Crippen LogP contribution >= 0.6 is 0 Å². The van der Waals surface area contributed by atoms with Crippen LogP contribution in [0, 0.1) is 0 Å². The predicted molar refractivity (Wildman–Crippen MR) is 206 cm³/mol. The second-order valence-electron chi connectivity index (χ2n) is 12.9. The number of rotatable bonds is 30. The zero-order valence-electron chi connectivity index (χ0n) is 31.5. The number of likely N-dealkylation sites (N-methyl/N-ethyl adjacent to an activating group) is 1. The number of hydrogen-bond donors (Lipinski definition) is 1. The number of quaternary nitrogens is 1. The van der Waals surface area contributed by atoms with Crippen molar-refractivity contribution in [3.05, 3.63) is 97.2 Å². The third-order valence-electron chi connectivity index (χ3n) is 7.43. The number of hydrogen-bond acceptors (Lipinski definition) is 6. The summed E-state index contributed by atoms with van der Waals surface area (Å²) in [6.07, 6.45) is 41.9. The van der Waals surface area contributed by atoms with E-state index in [1.807, 2.05) is 100 Å². The molecule has 0 bridgehead atoms. The molecule has 0 saturated heterocycles. The fraction of sp³-hybridized carbons (Fsp3) is 0.548. The topological polar surface area (TPSA) is 99.1 Å². The highest BCUT2D eigenvalue weighted by Crippen LogP contribution is 2.10. The molecule has 0 aromatic rings. The van der Waals surface area contributed by atoms with Gasteiger partial charge < -0.3 is 23.8 Å². The van der Waals surface area contributed by atoms with Gasteiger partial charge in [-0.1, -0.05) is 130 Å². The van der Waals surface area contributed by atoms with Crippen LogP contribution in [0.4, 0.5) is 0 Å². The summed E-state index contributed by atoms with van der Waals surface area (Å²) in [5.74, 6) is -1.62. The Labute approximate surface area is 303 Å². The quantitative estimate of drug-likeness (QED) is 0.0263. The Hall–Kier alpha value is -3.75. The molecule has 8 nitrogen and oxygen atoms in total. The smallest absolute Gasteiger partial charge is 0.362 e. The molecule has 1 N–H and O–H groups in total. The molecule has 0 aliphatic heterocycles. The number of nitrogens with zero attached hydrogens (tertiary/aromatic N) is 1. The summed E-state index contributed by atoms with van der Waals surface area (Å²) in [4.78, 5) is 36.6. The van der Waals surface area contributed by atoms with Crippen LogP contribution in [0.5, 0.6) is 0 Å². The van der Waals surface area contributed by atoms with Crippen molar-refractivity contribution in [2.24, 2.45) is 0 Å². The van der Waals surface area contributed by atoms with Crippen molar-refractivity contribution in [3.8, 4) is 0 Å². The van der Waals surface area contributed by atoms with Gasteiger partial charge in [0.1, 0.15) is 6.61 Å². The number of ether oxygens (including phenoxy) is 3. The first-order valence-electron chi connectivity index (χ1n) is 18.4. The monoisotopic (exact) mass is 696 g/mol. The minimum Gasteiger partial charge on any atom is -0.477 e. The molecule has 0 heterocycles. The van der Waals surface area contributed by atoms with E-state index in [1.54, 1.807) is 0 Å². The lowest BCUT2D eigenvalue weighted by Gasteiger charge is -2.31. The molecule has 0 aliphatic carbocycles. The summed E-state index contributed by atoms with van der Waals surface area (Å²) in [6, 6.07) is -0.631. The van der Waals surface area contributed by atoms with Gasteiger partial charge in [-0.15, -0.1) is 0 Å². The van der Waals surface area contributed by atoms with E-state index in [2.05, 4.69) is 32.1 Å². The number of esters is 2. The highest BCUT2D eigenvalue weighted by molar-refractivity contribution is 5.72. The highest BCUT2D eigenvalue weighted by atomic mass is 16.6. The highest BCUT2D eigenvalue weighted by Gasteiger charge is 2.31. The molecule has 0 fully saturated rings. The van der Waals surface area contributed by atoms with E-state index in [9.17, 15) is 19.5 Å². The SMILES string of the molecule is CC/C=C/C=C/C=C/C=C/C=C/C=C/C=C/CCCCCC(=O)OCC(COCCC(C(=O)O)[N+](C)(C)C)OC(=O)CC/C=C/CCCCC. The minimum atomic E-state index is -0.894. The van der Waals surface area contributed by atoms with Gasteiger partial charge in [-0.05, 0) is 44.9 Å². The Morgan fingerprint density at radius 3 is 1.76 bits per heavy atom. The first-order chi connectivity index (χ1) is 24.1. The second kappa shape index (κ2) is 32.5. The third-order valence-corrected chi connectivity index (χ3v) is 7.43. The molecular formula is C42H66NO7+. The van der Waals surface area contributed by atoms with Gasteiger partial charge in [0.2, 0.25) is 0 Å². The van der Waals surface area contributed by atoms with E-state index in [0.717, 1.165) is 38.5 Å². The first kappa shape index (κ1) is 46.2. The summed E-state index contributed by atoms with van der Waals surface area (Å²) < 4.78 is 17.0. The van der Waals surface area contributed by atoms with Gasteiger partial charge in [0, 0.05) is 19.3 Å². The van der Waals surface area contributed by atoms with E-state index in [4.69, 9.17) is 14.2 Å².